The van der Waals surface area contributed by atoms with Crippen LogP contribution in [0.5, 0.6) is 11.5 Å². The largest absolute Gasteiger partial charge is 0.495 e. The van der Waals surface area contributed by atoms with Gasteiger partial charge in [0.1, 0.15) is 11.5 Å². The lowest BCUT2D eigenvalue weighted by atomic mass is 10.2. The lowest BCUT2D eigenvalue weighted by Crippen LogP contribution is -2.32. The Kier molecular flexibility index (Phi) is 7.60. The fourth-order valence-electron chi connectivity index (χ4n) is 3.22. The molecule has 0 bridgehead atoms. The van der Waals surface area contributed by atoms with Crippen LogP contribution in [0.15, 0.2) is 71.6 Å². The highest BCUT2D eigenvalue weighted by Crippen LogP contribution is 2.28. The van der Waals surface area contributed by atoms with Crippen molar-refractivity contribution in [1.82, 2.24) is 0 Å². The summed E-state index contributed by atoms with van der Waals surface area (Å²) < 4.78 is 39.3. The minimum absolute atomic E-state index is 0.0621. The number of benzene rings is 3. The van der Waals surface area contributed by atoms with E-state index >= 15 is 0 Å². The zero-order valence-corrected chi connectivity index (χ0v) is 19.9. The highest BCUT2D eigenvalue weighted by Gasteiger charge is 2.20. The smallest absolute Gasteiger partial charge is 0.265 e. The molecule has 7 nitrogen and oxygen atoms in total. The molecule has 0 radical (unpaired) electrons. The molecule has 0 aliphatic rings. The minimum atomic E-state index is -3.84. The number of nitrogens with one attached hydrogen (secondary N) is 2. The van der Waals surface area contributed by atoms with Crippen molar-refractivity contribution in [2.45, 2.75) is 38.2 Å². The monoisotopic (exact) mass is 468 g/mol. The first-order chi connectivity index (χ1) is 15.7. The molecule has 3 aromatic carbocycles. The molecule has 0 saturated carbocycles. The van der Waals surface area contributed by atoms with Crippen LogP contribution in [0.4, 0.5) is 11.4 Å². The summed E-state index contributed by atoms with van der Waals surface area (Å²) in [5, 5.41) is 2.78. The first-order valence-electron chi connectivity index (χ1n) is 10.5. The average molecular weight is 469 g/mol. The first kappa shape index (κ1) is 24.1. The maximum Gasteiger partial charge on any atom is 0.265 e. The van der Waals surface area contributed by atoms with Gasteiger partial charge in [-0.1, -0.05) is 25.1 Å². The molecule has 33 heavy (non-hydrogen) atoms. The third-order valence-corrected chi connectivity index (χ3v) is 6.34. The second-order valence-electron chi connectivity index (χ2n) is 7.65. The predicted octanol–water partition coefficient (Wildman–Crippen LogP) is 4.91. The summed E-state index contributed by atoms with van der Waals surface area (Å²) in [4.78, 5) is 12.7. The molecule has 0 fully saturated rings. The first-order valence-corrected chi connectivity index (χ1v) is 12.0. The topological polar surface area (TPSA) is 93.7 Å². The molecule has 3 rings (SSSR count). The number of hydrogen-bond donors (Lipinski definition) is 2. The minimum Gasteiger partial charge on any atom is -0.495 e. The van der Waals surface area contributed by atoms with Crippen molar-refractivity contribution >= 4 is 27.3 Å². The van der Waals surface area contributed by atoms with Crippen molar-refractivity contribution in [2.24, 2.45) is 0 Å². The van der Waals surface area contributed by atoms with E-state index in [2.05, 4.69) is 10.0 Å². The van der Waals surface area contributed by atoms with Gasteiger partial charge in [0.15, 0.2) is 6.10 Å². The van der Waals surface area contributed by atoms with Crippen LogP contribution in [0, 0.1) is 13.8 Å². The number of sulfonamides is 1. The van der Waals surface area contributed by atoms with Crippen LogP contribution in [0.3, 0.4) is 0 Å². The van der Waals surface area contributed by atoms with Crippen molar-refractivity contribution in [3.05, 3.63) is 77.9 Å². The van der Waals surface area contributed by atoms with Gasteiger partial charge in [-0.05, 0) is 79.9 Å². The molecule has 1 amide bonds. The fraction of sp³-hybridized carbons (Fsp3) is 0.240. The number of amides is 1. The third-order valence-electron chi connectivity index (χ3n) is 4.96. The molecule has 1 atom stereocenters. The summed E-state index contributed by atoms with van der Waals surface area (Å²) in [6, 6.07) is 18.7. The van der Waals surface area contributed by atoms with Gasteiger partial charge in [0, 0.05) is 5.69 Å². The van der Waals surface area contributed by atoms with Gasteiger partial charge in [-0.3, -0.25) is 9.52 Å². The Bertz CT molecular complexity index is 1220. The van der Waals surface area contributed by atoms with Crippen LogP contribution in [-0.4, -0.2) is 27.5 Å². The van der Waals surface area contributed by atoms with E-state index in [4.69, 9.17) is 9.47 Å². The molecule has 3 aromatic rings. The quantitative estimate of drug-likeness (QED) is 0.465. The summed E-state index contributed by atoms with van der Waals surface area (Å²) in [5.41, 5.74) is 2.76. The van der Waals surface area contributed by atoms with Gasteiger partial charge in [-0.25, -0.2) is 8.42 Å². The van der Waals surface area contributed by atoms with Crippen molar-refractivity contribution in [3.63, 3.8) is 0 Å². The molecule has 0 unspecified atom stereocenters. The van der Waals surface area contributed by atoms with Crippen LogP contribution < -0.4 is 19.5 Å². The van der Waals surface area contributed by atoms with Crippen molar-refractivity contribution in [3.8, 4) is 11.5 Å². The van der Waals surface area contributed by atoms with Crippen LogP contribution in [-0.2, 0) is 14.8 Å². The van der Waals surface area contributed by atoms with E-state index in [9.17, 15) is 13.2 Å². The Hall–Kier alpha value is -3.52. The van der Waals surface area contributed by atoms with E-state index in [1.54, 1.807) is 30.3 Å². The van der Waals surface area contributed by atoms with E-state index in [1.807, 2.05) is 45.0 Å². The van der Waals surface area contributed by atoms with Crippen molar-refractivity contribution in [1.29, 1.82) is 0 Å². The number of rotatable bonds is 9. The van der Waals surface area contributed by atoms with Gasteiger partial charge < -0.3 is 14.8 Å². The van der Waals surface area contributed by atoms with Gasteiger partial charge in [-0.2, -0.15) is 0 Å². The van der Waals surface area contributed by atoms with Gasteiger partial charge >= 0.3 is 0 Å². The second kappa shape index (κ2) is 10.4. The molecule has 0 aromatic heterocycles. The Morgan fingerprint density at radius 2 is 1.67 bits per heavy atom. The number of methoxy groups -OCH3 is 1. The van der Waals surface area contributed by atoms with Crippen LogP contribution in [0.2, 0.25) is 0 Å². The highest BCUT2D eigenvalue weighted by molar-refractivity contribution is 7.92. The van der Waals surface area contributed by atoms with Crippen LogP contribution >= 0.6 is 0 Å². The van der Waals surface area contributed by atoms with Crippen LogP contribution in [0.25, 0.3) is 0 Å². The maximum atomic E-state index is 12.8. The SMILES string of the molecule is CC[C@@H](Oc1cccc(C)c1)C(=O)Nc1ccc(S(=O)(=O)Nc2cc(C)ccc2OC)cc1. The Labute approximate surface area is 194 Å². The number of aryl methyl sites for hydroxylation is 2. The molecule has 2 N–H and O–H groups in total. The molecular weight excluding hydrogens is 440 g/mol. The molecular formula is C25H28N2O5S. The Morgan fingerprint density at radius 1 is 0.970 bits per heavy atom. The number of hydrogen-bond acceptors (Lipinski definition) is 5. The summed E-state index contributed by atoms with van der Waals surface area (Å²) in [5.74, 6) is 0.737. The van der Waals surface area contributed by atoms with Gasteiger partial charge in [0.2, 0.25) is 0 Å². The summed E-state index contributed by atoms with van der Waals surface area (Å²) in [6.45, 7) is 5.68. The lowest BCUT2D eigenvalue weighted by molar-refractivity contribution is -0.122. The Morgan fingerprint density at radius 3 is 2.30 bits per heavy atom. The highest BCUT2D eigenvalue weighted by atomic mass is 32.2. The van der Waals surface area contributed by atoms with E-state index in [1.165, 1.54) is 19.2 Å². The zero-order valence-electron chi connectivity index (χ0n) is 19.1. The van der Waals surface area contributed by atoms with Crippen LogP contribution in [0.1, 0.15) is 24.5 Å². The molecule has 0 aliphatic heterocycles. The summed E-state index contributed by atoms with van der Waals surface area (Å²) >= 11 is 0. The number of ether oxygens (including phenoxy) is 2. The van der Waals surface area contributed by atoms with Crippen molar-refractivity contribution < 1.29 is 22.7 Å². The fourth-order valence-corrected chi connectivity index (χ4v) is 4.28. The van der Waals surface area contributed by atoms with E-state index in [0.717, 1.165) is 11.1 Å². The Balaban J connectivity index is 1.70. The zero-order chi connectivity index (χ0) is 24.0. The predicted molar refractivity (Wildman–Crippen MR) is 129 cm³/mol. The number of anilines is 2. The molecule has 174 valence electrons. The molecule has 8 heteroatoms. The molecule has 0 spiro atoms. The lowest BCUT2D eigenvalue weighted by Gasteiger charge is -2.18. The summed E-state index contributed by atoms with van der Waals surface area (Å²) in [6.07, 6.45) is -0.195. The standard InChI is InChI=1S/C25H28N2O5S/c1-5-23(32-20-8-6-7-17(2)15-20)25(28)26-19-10-12-21(13-11-19)33(29,30)27-22-16-18(3)9-14-24(22)31-4/h6-16,23,27H,5H2,1-4H3,(H,26,28)/t23-/m1/s1. The number of carbonyl (C=O) groups is 1. The maximum absolute atomic E-state index is 12.8. The second-order valence-corrected chi connectivity index (χ2v) is 9.34. The van der Waals surface area contributed by atoms with Crippen molar-refractivity contribution in [2.75, 3.05) is 17.1 Å². The van der Waals surface area contributed by atoms with Gasteiger partial charge in [0.25, 0.3) is 15.9 Å². The normalized spacial score (nSPS) is 12.0. The van der Waals surface area contributed by atoms with Gasteiger partial charge in [-0.15, -0.1) is 0 Å². The molecule has 0 aliphatic carbocycles. The van der Waals surface area contributed by atoms with E-state index < -0.39 is 16.1 Å². The van der Waals surface area contributed by atoms with Gasteiger partial charge in [0.05, 0.1) is 17.7 Å². The average Bonchev–Trinajstić information content (AvgIpc) is 2.77. The van der Waals surface area contributed by atoms with E-state index in [-0.39, 0.29) is 10.8 Å². The number of carbonyl (C=O) groups excluding carboxylic acids is 1. The third kappa shape index (κ3) is 6.26. The summed E-state index contributed by atoms with van der Waals surface area (Å²) in [7, 11) is -2.36. The molecule has 0 heterocycles. The molecule has 0 saturated heterocycles. The van der Waals surface area contributed by atoms with E-state index in [0.29, 0.717) is 29.3 Å².